The fourth-order valence-corrected chi connectivity index (χ4v) is 5.94. The highest BCUT2D eigenvalue weighted by Gasteiger charge is 2.37. The second-order valence-electron chi connectivity index (χ2n) is 11.0. The van der Waals surface area contributed by atoms with Gasteiger partial charge in [0.25, 0.3) is 5.91 Å². The molecule has 3 fully saturated rings. The van der Waals surface area contributed by atoms with Crippen LogP contribution in [0.2, 0.25) is 5.02 Å². The zero-order valence-electron chi connectivity index (χ0n) is 21.9. The van der Waals surface area contributed by atoms with E-state index < -0.39 is 35.5 Å². The third-order valence-electron chi connectivity index (χ3n) is 8.02. The second kappa shape index (κ2) is 11.6. The molecule has 0 bridgehead atoms. The predicted octanol–water partition coefficient (Wildman–Crippen LogP) is 6.36. The van der Waals surface area contributed by atoms with E-state index in [1.807, 2.05) is 0 Å². The van der Waals surface area contributed by atoms with Gasteiger partial charge >= 0.3 is 12.1 Å². The molecule has 40 heavy (non-hydrogen) atoms. The molecule has 1 aliphatic carbocycles. The number of carbonyl (C=O) groups is 2. The number of carboxylic acid groups (broad SMARTS) is 1. The van der Waals surface area contributed by atoms with Crippen molar-refractivity contribution in [3.63, 3.8) is 0 Å². The van der Waals surface area contributed by atoms with Crippen molar-refractivity contribution in [2.75, 3.05) is 26.2 Å². The summed E-state index contributed by atoms with van der Waals surface area (Å²) >= 11 is 5.92. The Kier molecular flexibility index (Phi) is 8.29. The minimum absolute atomic E-state index is 0.0571. The van der Waals surface area contributed by atoms with Crippen LogP contribution in [0.25, 0.3) is 0 Å². The van der Waals surface area contributed by atoms with E-state index in [9.17, 15) is 27.9 Å². The van der Waals surface area contributed by atoms with Crippen LogP contribution in [0.3, 0.4) is 0 Å². The molecule has 6 nitrogen and oxygen atoms in total. The highest BCUT2D eigenvalue weighted by molar-refractivity contribution is 6.30. The molecule has 0 unspecified atom stereocenters. The van der Waals surface area contributed by atoms with E-state index in [0.717, 1.165) is 43.4 Å². The van der Waals surface area contributed by atoms with Crippen molar-refractivity contribution in [2.24, 2.45) is 5.92 Å². The number of ether oxygens (including phenoxy) is 1. The second-order valence-corrected chi connectivity index (χ2v) is 11.5. The number of amides is 1. The summed E-state index contributed by atoms with van der Waals surface area (Å²) in [7, 11) is 0. The number of likely N-dealkylation sites (tertiary alicyclic amines) is 2. The summed E-state index contributed by atoms with van der Waals surface area (Å²) < 4.78 is 60.6. The lowest BCUT2D eigenvalue weighted by molar-refractivity contribution is -0.141. The number of rotatable bonds is 8. The Morgan fingerprint density at radius 3 is 2.38 bits per heavy atom. The van der Waals surface area contributed by atoms with Crippen molar-refractivity contribution in [3.05, 3.63) is 63.4 Å². The summed E-state index contributed by atoms with van der Waals surface area (Å²) in [5.74, 6) is -1.64. The fraction of sp³-hybridized carbons (Fsp3) is 0.517. The molecule has 1 amide bonds. The van der Waals surface area contributed by atoms with Gasteiger partial charge < -0.3 is 14.7 Å². The Hall–Kier alpha value is -2.85. The van der Waals surface area contributed by atoms with E-state index in [0.29, 0.717) is 50.4 Å². The highest BCUT2D eigenvalue weighted by atomic mass is 35.5. The summed E-state index contributed by atoms with van der Waals surface area (Å²) in [4.78, 5) is 27.9. The van der Waals surface area contributed by atoms with E-state index in [4.69, 9.17) is 16.3 Å². The van der Waals surface area contributed by atoms with Crippen LogP contribution in [-0.4, -0.2) is 59.1 Å². The van der Waals surface area contributed by atoms with Gasteiger partial charge in [0.05, 0.1) is 17.7 Å². The smallest absolute Gasteiger partial charge is 0.416 e. The molecule has 2 aromatic rings. The van der Waals surface area contributed by atoms with Crippen LogP contribution in [0.1, 0.15) is 71.5 Å². The summed E-state index contributed by atoms with van der Waals surface area (Å²) in [6.45, 7) is 2.37. The van der Waals surface area contributed by atoms with Crippen LogP contribution in [0, 0.1) is 11.7 Å². The number of carboxylic acids is 1. The molecular formula is C29H31ClF4N2O4. The Labute approximate surface area is 234 Å². The minimum atomic E-state index is -4.46. The van der Waals surface area contributed by atoms with Crippen LogP contribution in [0.15, 0.2) is 30.3 Å². The maximum atomic E-state index is 15.1. The van der Waals surface area contributed by atoms with Gasteiger partial charge in [0.1, 0.15) is 17.6 Å². The third kappa shape index (κ3) is 6.54. The first-order chi connectivity index (χ1) is 19.0. The molecule has 5 rings (SSSR count). The monoisotopic (exact) mass is 582 g/mol. The maximum Gasteiger partial charge on any atom is 0.416 e. The first-order valence-electron chi connectivity index (χ1n) is 13.6. The molecule has 2 heterocycles. The molecule has 11 heteroatoms. The number of hydrogen-bond donors (Lipinski definition) is 1. The number of hydrogen-bond acceptors (Lipinski definition) is 4. The van der Waals surface area contributed by atoms with Crippen LogP contribution < -0.4 is 4.74 Å². The van der Waals surface area contributed by atoms with E-state index >= 15 is 4.39 Å². The van der Waals surface area contributed by atoms with Crippen molar-refractivity contribution in [1.29, 1.82) is 0 Å². The predicted molar refractivity (Wildman–Crippen MR) is 140 cm³/mol. The summed E-state index contributed by atoms with van der Waals surface area (Å²) in [5, 5.41) is 9.48. The maximum absolute atomic E-state index is 15.1. The summed E-state index contributed by atoms with van der Waals surface area (Å²) in [6.07, 6.45) is -0.168. The average molecular weight is 583 g/mol. The molecule has 2 aromatic carbocycles. The molecule has 0 radical (unpaired) electrons. The molecule has 1 saturated carbocycles. The lowest BCUT2D eigenvalue weighted by atomic mass is 9.97. The lowest BCUT2D eigenvalue weighted by Crippen LogP contribution is -2.40. The van der Waals surface area contributed by atoms with Gasteiger partial charge in [-0.3, -0.25) is 9.69 Å². The Morgan fingerprint density at radius 1 is 1.00 bits per heavy atom. The van der Waals surface area contributed by atoms with Gasteiger partial charge in [-0.25, -0.2) is 9.18 Å². The van der Waals surface area contributed by atoms with Crippen LogP contribution >= 0.6 is 11.6 Å². The molecule has 0 spiro atoms. The van der Waals surface area contributed by atoms with Crippen LogP contribution in [-0.2, 0) is 17.5 Å². The van der Waals surface area contributed by atoms with Crippen molar-refractivity contribution in [2.45, 2.75) is 63.2 Å². The van der Waals surface area contributed by atoms with E-state index in [1.165, 1.54) is 17.0 Å². The molecule has 2 aliphatic heterocycles. The number of halogens is 5. The zero-order chi connectivity index (χ0) is 28.6. The van der Waals surface area contributed by atoms with Gasteiger partial charge in [-0.05, 0) is 98.8 Å². The molecular weight excluding hydrogens is 552 g/mol. The minimum Gasteiger partial charge on any atom is -0.493 e. The number of piperidine rings is 1. The topological polar surface area (TPSA) is 70.1 Å². The van der Waals surface area contributed by atoms with Crippen molar-refractivity contribution >= 4 is 23.5 Å². The fourth-order valence-electron chi connectivity index (χ4n) is 5.68. The van der Waals surface area contributed by atoms with Crippen LogP contribution in [0.4, 0.5) is 17.6 Å². The van der Waals surface area contributed by atoms with E-state index in [-0.39, 0.29) is 29.0 Å². The normalized spacial score (nSPS) is 20.6. The number of benzene rings is 2. The summed E-state index contributed by atoms with van der Waals surface area (Å²) in [6, 6.07) is 5.46. The molecule has 2 saturated heterocycles. The van der Waals surface area contributed by atoms with Gasteiger partial charge in [0.2, 0.25) is 0 Å². The highest BCUT2D eigenvalue weighted by Crippen LogP contribution is 2.45. The molecule has 1 N–H and O–H groups in total. The van der Waals surface area contributed by atoms with Crippen molar-refractivity contribution in [1.82, 2.24) is 9.80 Å². The summed E-state index contributed by atoms with van der Waals surface area (Å²) in [5.41, 5.74) is 0.407. The largest absolute Gasteiger partial charge is 0.493 e. The molecule has 0 aromatic heterocycles. The Balaban J connectivity index is 1.19. The van der Waals surface area contributed by atoms with Gasteiger partial charge in [0.15, 0.2) is 0 Å². The number of aliphatic carboxylic acids is 1. The van der Waals surface area contributed by atoms with E-state index in [1.54, 1.807) is 6.07 Å². The number of carbonyl (C=O) groups excluding carboxylic acids is 1. The van der Waals surface area contributed by atoms with Gasteiger partial charge in [-0.15, -0.1) is 0 Å². The number of alkyl halides is 3. The first-order valence-corrected chi connectivity index (χ1v) is 14.0. The molecule has 1 atom stereocenters. The average Bonchev–Trinajstić information content (AvgIpc) is 3.61. The van der Waals surface area contributed by atoms with Crippen molar-refractivity contribution in [3.8, 4) is 5.75 Å². The Bertz CT molecular complexity index is 1280. The molecule has 3 aliphatic rings. The SMILES string of the molecule is O=C(O)[C@@H]1CCCN1C(=O)c1cc(C2CC2)c(OCC2CCN(Cc3cc(Cl)cc(C(F)(F)F)c3)CC2)cc1F. The lowest BCUT2D eigenvalue weighted by Gasteiger charge is -2.32. The van der Waals surface area contributed by atoms with Gasteiger partial charge in [-0.1, -0.05) is 11.6 Å². The number of nitrogens with zero attached hydrogens (tertiary/aromatic N) is 2. The van der Waals surface area contributed by atoms with Gasteiger partial charge in [0, 0.05) is 24.2 Å². The Morgan fingerprint density at radius 2 is 1.73 bits per heavy atom. The zero-order valence-corrected chi connectivity index (χ0v) is 22.6. The van der Waals surface area contributed by atoms with Crippen molar-refractivity contribution < 1.29 is 37.0 Å². The van der Waals surface area contributed by atoms with E-state index in [2.05, 4.69) is 4.90 Å². The van der Waals surface area contributed by atoms with Gasteiger partial charge in [-0.2, -0.15) is 13.2 Å². The first kappa shape index (κ1) is 28.7. The van der Waals surface area contributed by atoms with Crippen LogP contribution in [0.5, 0.6) is 5.75 Å². The third-order valence-corrected chi connectivity index (χ3v) is 8.24. The molecule has 216 valence electrons. The quantitative estimate of drug-likeness (QED) is 0.367. The standard InChI is InChI=1S/C29H31ClF4N2O4/c30-21-11-18(10-20(12-21)29(32,33)34)15-35-8-5-17(6-9-35)16-40-26-14-24(31)23(13-22(26)19-3-4-19)27(37)36-7-1-2-25(36)28(38)39/h10-14,17,19,25H,1-9,15-16H2,(H,38,39)/t25-/m0/s1.